The van der Waals surface area contributed by atoms with E-state index >= 15 is 0 Å². The second-order valence-electron chi connectivity index (χ2n) is 6.07. The summed E-state index contributed by atoms with van der Waals surface area (Å²) in [5, 5.41) is 18.7. The van der Waals surface area contributed by atoms with Crippen LogP contribution in [0.25, 0.3) is 0 Å². The summed E-state index contributed by atoms with van der Waals surface area (Å²) in [4.78, 5) is 0. The number of unbranched alkanes of at least 4 members (excludes halogenated alkanes) is 6. The van der Waals surface area contributed by atoms with Gasteiger partial charge in [-0.1, -0.05) is 65.2 Å². The van der Waals surface area contributed by atoms with Crippen molar-refractivity contribution >= 4 is 0 Å². The molecule has 0 saturated carbocycles. The van der Waals surface area contributed by atoms with Crippen LogP contribution in [0.15, 0.2) is 0 Å². The van der Waals surface area contributed by atoms with E-state index in [1.54, 1.807) is 0 Å². The van der Waals surface area contributed by atoms with Gasteiger partial charge in [0, 0.05) is 13.2 Å². The van der Waals surface area contributed by atoms with Crippen LogP contribution in [0.5, 0.6) is 0 Å². The lowest BCUT2D eigenvalue weighted by Gasteiger charge is -2.33. The minimum Gasteiger partial charge on any atom is -0.396 e. The molecule has 0 atom stereocenters. The Hall–Kier alpha value is -0.0800. The Kier molecular flexibility index (Phi) is 12.9. The van der Waals surface area contributed by atoms with E-state index in [1.807, 2.05) is 0 Å². The van der Waals surface area contributed by atoms with Crippen LogP contribution < -0.4 is 0 Å². The maximum absolute atomic E-state index is 9.35. The van der Waals surface area contributed by atoms with Gasteiger partial charge in [0.05, 0.1) is 0 Å². The molecule has 0 aromatic rings. The van der Waals surface area contributed by atoms with Gasteiger partial charge in [-0.2, -0.15) is 0 Å². The number of rotatable bonds is 14. The zero-order chi connectivity index (χ0) is 14.4. The standard InChI is InChI=1S/C17H36O2/c1-3-5-7-9-11-17(13-15-18,14-16-19)12-10-8-6-4-2/h18-19H,3-16H2,1-2H3. The summed E-state index contributed by atoms with van der Waals surface area (Å²) in [6.45, 7) is 5.00. The van der Waals surface area contributed by atoms with Crippen molar-refractivity contribution in [3.63, 3.8) is 0 Å². The average Bonchev–Trinajstić information content (AvgIpc) is 2.41. The van der Waals surface area contributed by atoms with E-state index in [-0.39, 0.29) is 18.6 Å². The topological polar surface area (TPSA) is 40.5 Å². The molecule has 0 aliphatic heterocycles. The van der Waals surface area contributed by atoms with Crippen LogP contribution in [0.2, 0.25) is 0 Å². The predicted molar refractivity (Wildman–Crippen MR) is 83.4 cm³/mol. The first-order valence-electron chi connectivity index (χ1n) is 8.46. The summed E-state index contributed by atoms with van der Waals surface area (Å²) in [6, 6.07) is 0. The molecule has 0 fully saturated rings. The van der Waals surface area contributed by atoms with Gasteiger partial charge < -0.3 is 10.2 Å². The summed E-state index contributed by atoms with van der Waals surface area (Å²) in [5.74, 6) is 0. The van der Waals surface area contributed by atoms with Crippen LogP contribution in [0.4, 0.5) is 0 Å². The highest BCUT2D eigenvalue weighted by atomic mass is 16.3. The summed E-state index contributed by atoms with van der Waals surface area (Å²) < 4.78 is 0. The van der Waals surface area contributed by atoms with Crippen LogP contribution in [-0.2, 0) is 0 Å². The van der Waals surface area contributed by atoms with Gasteiger partial charge >= 0.3 is 0 Å². The Morgan fingerprint density at radius 1 is 0.579 bits per heavy atom. The molecule has 0 amide bonds. The van der Waals surface area contributed by atoms with Crippen LogP contribution in [0, 0.1) is 5.41 Å². The molecule has 0 aliphatic rings. The van der Waals surface area contributed by atoms with Crippen LogP contribution >= 0.6 is 0 Å². The molecule has 2 heteroatoms. The monoisotopic (exact) mass is 272 g/mol. The molecule has 116 valence electrons. The number of hydrogen-bond donors (Lipinski definition) is 2. The Morgan fingerprint density at radius 3 is 1.32 bits per heavy atom. The van der Waals surface area contributed by atoms with E-state index in [4.69, 9.17) is 0 Å². The molecule has 0 unspecified atom stereocenters. The third-order valence-corrected chi connectivity index (χ3v) is 4.41. The molecule has 0 aromatic heterocycles. The van der Waals surface area contributed by atoms with E-state index in [9.17, 15) is 10.2 Å². The quantitative estimate of drug-likeness (QED) is 0.451. The highest BCUT2D eigenvalue weighted by molar-refractivity contribution is 4.79. The second-order valence-corrected chi connectivity index (χ2v) is 6.07. The van der Waals surface area contributed by atoms with Crippen molar-refractivity contribution in [2.75, 3.05) is 13.2 Å². The average molecular weight is 272 g/mol. The van der Waals surface area contributed by atoms with Crippen molar-refractivity contribution in [2.45, 2.75) is 90.9 Å². The molecule has 0 aromatic carbocycles. The lowest BCUT2D eigenvalue weighted by Crippen LogP contribution is -2.24. The summed E-state index contributed by atoms with van der Waals surface area (Å²) in [7, 11) is 0. The first kappa shape index (κ1) is 18.9. The van der Waals surface area contributed by atoms with Crippen molar-refractivity contribution in [1.29, 1.82) is 0 Å². The van der Waals surface area contributed by atoms with E-state index in [2.05, 4.69) is 13.8 Å². The Balaban J connectivity index is 4.22. The van der Waals surface area contributed by atoms with Crippen LogP contribution in [-0.4, -0.2) is 23.4 Å². The van der Waals surface area contributed by atoms with Gasteiger partial charge in [-0.05, 0) is 31.1 Å². The van der Waals surface area contributed by atoms with Crippen molar-refractivity contribution in [2.24, 2.45) is 5.41 Å². The highest BCUT2D eigenvalue weighted by Crippen LogP contribution is 2.38. The summed E-state index contributed by atoms with van der Waals surface area (Å²) >= 11 is 0. The largest absolute Gasteiger partial charge is 0.396 e. The lowest BCUT2D eigenvalue weighted by molar-refractivity contribution is 0.108. The molecule has 0 rings (SSSR count). The van der Waals surface area contributed by atoms with Crippen molar-refractivity contribution in [1.82, 2.24) is 0 Å². The smallest absolute Gasteiger partial charge is 0.0436 e. The van der Waals surface area contributed by atoms with Gasteiger partial charge in [-0.15, -0.1) is 0 Å². The molecule has 0 saturated heterocycles. The van der Waals surface area contributed by atoms with E-state index in [0.29, 0.717) is 0 Å². The molecule has 2 N–H and O–H groups in total. The van der Waals surface area contributed by atoms with Crippen molar-refractivity contribution < 1.29 is 10.2 Å². The number of hydrogen-bond acceptors (Lipinski definition) is 2. The number of aliphatic hydroxyl groups is 2. The fourth-order valence-electron chi connectivity index (χ4n) is 3.08. The highest BCUT2D eigenvalue weighted by Gasteiger charge is 2.27. The van der Waals surface area contributed by atoms with Gasteiger partial charge in [0.1, 0.15) is 0 Å². The third-order valence-electron chi connectivity index (χ3n) is 4.41. The normalized spacial score (nSPS) is 12.0. The lowest BCUT2D eigenvalue weighted by atomic mass is 9.73. The molecule has 0 aliphatic carbocycles. The van der Waals surface area contributed by atoms with E-state index in [0.717, 1.165) is 12.8 Å². The zero-order valence-electron chi connectivity index (χ0n) is 13.3. The van der Waals surface area contributed by atoms with Crippen molar-refractivity contribution in [3.05, 3.63) is 0 Å². The molecular formula is C17H36O2. The zero-order valence-corrected chi connectivity index (χ0v) is 13.3. The predicted octanol–water partition coefficient (Wildman–Crippen LogP) is 4.68. The van der Waals surface area contributed by atoms with Gasteiger partial charge in [0.2, 0.25) is 0 Å². The Morgan fingerprint density at radius 2 is 1.00 bits per heavy atom. The summed E-state index contributed by atoms with van der Waals surface area (Å²) in [6.07, 6.45) is 14.3. The molecule has 0 heterocycles. The molecular weight excluding hydrogens is 236 g/mol. The molecule has 0 spiro atoms. The Labute approximate surface area is 120 Å². The SMILES string of the molecule is CCCCCCC(CCO)(CCO)CCCCCC. The molecule has 19 heavy (non-hydrogen) atoms. The van der Waals surface area contributed by atoms with Gasteiger partial charge in [-0.25, -0.2) is 0 Å². The maximum Gasteiger partial charge on any atom is 0.0436 e. The Bertz CT molecular complexity index is 160. The molecule has 0 bridgehead atoms. The minimum absolute atomic E-state index is 0.199. The van der Waals surface area contributed by atoms with Crippen LogP contribution in [0.3, 0.4) is 0 Å². The molecule has 0 radical (unpaired) electrons. The van der Waals surface area contributed by atoms with Gasteiger partial charge in [0.25, 0.3) is 0 Å². The van der Waals surface area contributed by atoms with E-state index in [1.165, 1.54) is 64.2 Å². The minimum atomic E-state index is 0.199. The number of aliphatic hydroxyl groups excluding tert-OH is 2. The van der Waals surface area contributed by atoms with Gasteiger partial charge in [-0.3, -0.25) is 0 Å². The summed E-state index contributed by atoms with van der Waals surface area (Å²) in [5.41, 5.74) is 0.199. The third kappa shape index (κ3) is 9.45. The molecule has 2 nitrogen and oxygen atoms in total. The first-order chi connectivity index (χ1) is 9.24. The first-order valence-corrected chi connectivity index (χ1v) is 8.46. The van der Waals surface area contributed by atoms with E-state index < -0.39 is 0 Å². The fourth-order valence-corrected chi connectivity index (χ4v) is 3.08. The fraction of sp³-hybridized carbons (Fsp3) is 1.00. The maximum atomic E-state index is 9.35. The van der Waals surface area contributed by atoms with Crippen LogP contribution in [0.1, 0.15) is 90.9 Å². The van der Waals surface area contributed by atoms with Crippen molar-refractivity contribution in [3.8, 4) is 0 Å². The second kappa shape index (κ2) is 12.9. The van der Waals surface area contributed by atoms with Gasteiger partial charge in [0.15, 0.2) is 0 Å².